The van der Waals surface area contributed by atoms with Crippen LogP contribution in [0.5, 0.6) is 0 Å². The van der Waals surface area contributed by atoms with Gasteiger partial charge >= 0.3 is 7.12 Å². The molecule has 1 aliphatic carbocycles. The van der Waals surface area contributed by atoms with Crippen LogP contribution in [0.1, 0.15) is 32.1 Å². The van der Waals surface area contributed by atoms with Crippen molar-refractivity contribution in [1.82, 2.24) is 0 Å². The average Bonchev–Trinajstić information content (AvgIpc) is 2.39. The van der Waals surface area contributed by atoms with Crippen LogP contribution in [0.4, 0.5) is 0 Å². The van der Waals surface area contributed by atoms with Crippen LogP contribution in [0.3, 0.4) is 0 Å². The van der Waals surface area contributed by atoms with Crippen LogP contribution in [0.2, 0.25) is 0 Å². The molecule has 1 saturated carbocycles. The molecule has 0 radical (unpaired) electrons. The van der Waals surface area contributed by atoms with Crippen LogP contribution < -0.4 is 0 Å². The van der Waals surface area contributed by atoms with Crippen molar-refractivity contribution in [2.75, 3.05) is 0 Å². The van der Waals surface area contributed by atoms with Gasteiger partial charge in [0, 0.05) is 0 Å². The number of rotatable bonds is 3. The molecule has 0 atom stereocenters. The molecule has 0 saturated heterocycles. The molecule has 2 N–H and O–H groups in total. The molecule has 11 heavy (non-hydrogen) atoms. The summed E-state index contributed by atoms with van der Waals surface area (Å²) in [6, 6.07) is 0. The Bertz CT molecular complexity index is 128. The predicted octanol–water partition coefficient (Wildman–Crippen LogP) is 1.13. The van der Waals surface area contributed by atoms with Gasteiger partial charge in [0.05, 0.1) is 0 Å². The zero-order valence-corrected chi connectivity index (χ0v) is 6.74. The van der Waals surface area contributed by atoms with Gasteiger partial charge in [0.25, 0.3) is 0 Å². The topological polar surface area (TPSA) is 40.5 Å². The van der Waals surface area contributed by atoms with Crippen LogP contribution in [0.15, 0.2) is 12.1 Å². The molecule has 0 aromatic carbocycles. The molecule has 0 aromatic heterocycles. The third kappa shape index (κ3) is 3.58. The Morgan fingerprint density at radius 1 is 1.27 bits per heavy atom. The van der Waals surface area contributed by atoms with Crippen molar-refractivity contribution in [3.05, 3.63) is 12.1 Å². The van der Waals surface area contributed by atoms with E-state index in [1.165, 1.54) is 31.7 Å². The number of hydrogen-bond acceptors (Lipinski definition) is 2. The fourth-order valence-electron chi connectivity index (χ4n) is 1.64. The van der Waals surface area contributed by atoms with Gasteiger partial charge in [-0.05, 0) is 12.3 Å². The summed E-state index contributed by atoms with van der Waals surface area (Å²) in [4.78, 5) is 0. The maximum atomic E-state index is 8.50. The van der Waals surface area contributed by atoms with E-state index in [1.807, 2.05) is 6.08 Å². The van der Waals surface area contributed by atoms with Crippen molar-refractivity contribution in [3.8, 4) is 0 Å². The molecule has 2 nitrogen and oxygen atoms in total. The van der Waals surface area contributed by atoms with Gasteiger partial charge in [-0.2, -0.15) is 0 Å². The summed E-state index contributed by atoms with van der Waals surface area (Å²) in [6.45, 7) is 0. The number of hydrogen-bond donors (Lipinski definition) is 2. The minimum Gasteiger partial charge on any atom is -0.424 e. The molecule has 0 amide bonds. The zero-order valence-electron chi connectivity index (χ0n) is 6.74. The molecule has 62 valence electrons. The fraction of sp³-hybridized carbons (Fsp3) is 0.750. The molecule has 0 aromatic rings. The lowest BCUT2D eigenvalue weighted by Gasteiger charge is -2.02. The SMILES string of the molecule is OB(O)/C=C/CC1CCCC1. The second-order valence-corrected chi connectivity index (χ2v) is 3.23. The average molecular weight is 154 g/mol. The molecule has 1 aliphatic rings. The molecule has 3 heteroatoms. The van der Waals surface area contributed by atoms with E-state index in [0.29, 0.717) is 0 Å². The van der Waals surface area contributed by atoms with Gasteiger partial charge in [-0.3, -0.25) is 0 Å². The highest BCUT2D eigenvalue weighted by Gasteiger charge is 2.12. The predicted molar refractivity (Wildman–Crippen MR) is 45.9 cm³/mol. The molecule has 1 rings (SSSR count). The van der Waals surface area contributed by atoms with Crippen molar-refractivity contribution in [2.45, 2.75) is 32.1 Å². The number of allylic oxidation sites excluding steroid dienone is 1. The van der Waals surface area contributed by atoms with Crippen molar-refractivity contribution in [1.29, 1.82) is 0 Å². The van der Waals surface area contributed by atoms with Gasteiger partial charge in [0.15, 0.2) is 0 Å². The van der Waals surface area contributed by atoms with E-state index in [-0.39, 0.29) is 0 Å². The molecule has 0 aliphatic heterocycles. The monoisotopic (exact) mass is 154 g/mol. The fourth-order valence-corrected chi connectivity index (χ4v) is 1.64. The summed E-state index contributed by atoms with van der Waals surface area (Å²) in [7, 11) is -1.27. The molecule has 0 heterocycles. The summed E-state index contributed by atoms with van der Waals surface area (Å²) >= 11 is 0. The first-order valence-electron chi connectivity index (χ1n) is 4.32. The maximum absolute atomic E-state index is 8.50. The summed E-state index contributed by atoms with van der Waals surface area (Å²) in [5.74, 6) is 2.24. The van der Waals surface area contributed by atoms with E-state index < -0.39 is 7.12 Å². The molecule has 0 bridgehead atoms. The zero-order chi connectivity index (χ0) is 8.10. The second-order valence-electron chi connectivity index (χ2n) is 3.23. The Balaban J connectivity index is 2.10. The Labute approximate surface area is 68.1 Å². The standard InChI is InChI=1S/C8H15BO2/c10-9(11)7-3-6-8-4-1-2-5-8/h3,7-8,10-11H,1-2,4-6H2/b7-3+. The highest BCUT2D eigenvalue weighted by molar-refractivity contribution is 6.47. The Kier molecular flexibility index (Phi) is 3.67. The van der Waals surface area contributed by atoms with E-state index in [1.54, 1.807) is 0 Å². The first-order chi connectivity index (χ1) is 5.29. The second kappa shape index (κ2) is 4.57. The Hall–Kier alpha value is -0.275. The van der Waals surface area contributed by atoms with Crippen LogP contribution in [-0.4, -0.2) is 17.2 Å². The highest BCUT2D eigenvalue weighted by Crippen LogP contribution is 2.27. The van der Waals surface area contributed by atoms with Crippen molar-refractivity contribution < 1.29 is 10.0 Å². The summed E-state index contributed by atoms with van der Waals surface area (Å²) in [5.41, 5.74) is 0. The molecule has 0 spiro atoms. The Morgan fingerprint density at radius 2 is 1.91 bits per heavy atom. The maximum Gasteiger partial charge on any atom is 0.480 e. The van der Waals surface area contributed by atoms with E-state index >= 15 is 0 Å². The molecular formula is C8H15BO2. The third-order valence-corrected chi connectivity index (χ3v) is 2.25. The minimum absolute atomic E-state index is 0.796. The van der Waals surface area contributed by atoms with E-state index in [4.69, 9.17) is 10.0 Å². The summed E-state index contributed by atoms with van der Waals surface area (Å²) < 4.78 is 0. The first-order valence-corrected chi connectivity index (χ1v) is 4.32. The van der Waals surface area contributed by atoms with Crippen LogP contribution in [0.25, 0.3) is 0 Å². The lowest BCUT2D eigenvalue weighted by Crippen LogP contribution is -2.05. The van der Waals surface area contributed by atoms with Crippen LogP contribution >= 0.6 is 0 Å². The Morgan fingerprint density at radius 3 is 2.45 bits per heavy atom. The van der Waals surface area contributed by atoms with Gasteiger partial charge in [0.1, 0.15) is 0 Å². The molecular weight excluding hydrogens is 139 g/mol. The lowest BCUT2D eigenvalue weighted by atomic mass is 9.90. The van der Waals surface area contributed by atoms with Crippen molar-refractivity contribution in [2.24, 2.45) is 5.92 Å². The summed E-state index contributed by atoms with van der Waals surface area (Å²) in [5, 5.41) is 17.0. The van der Waals surface area contributed by atoms with Gasteiger partial charge in [0.2, 0.25) is 0 Å². The molecule has 0 unspecified atom stereocenters. The summed E-state index contributed by atoms with van der Waals surface area (Å²) in [6.07, 6.45) is 8.20. The highest BCUT2D eigenvalue weighted by atomic mass is 16.4. The van der Waals surface area contributed by atoms with Gasteiger partial charge in [-0.1, -0.05) is 37.7 Å². The van der Waals surface area contributed by atoms with E-state index in [2.05, 4.69) is 0 Å². The van der Waals surface area contributed by atoms with Gasteiger partial charge in [-0.25, -0.2) is 0 Å². The van der Waals surface area contributed by atoms with Crippen LogP contribution in [0, 0.1) is 5.92 Å². The van der Waals surface area contributed by atoms with Crippen molar-refractivity contribution in [3.63, 3.8) is 0 Å². The molecule has 1 fully saturated rings. The van der Waals surface area contributed by atoms with E-state index in [0.717, 1.165) is 12.3 Å². The quantitative estimate of drug-likeness (QED) is 0.598. The normalized spacial score (nSPS) is 19.8. The first kappa shape index (κ1) is 8.82. The van der Waals surface area contributed by atoms with Gasteiger partial charge in [-0.15, -0.1) is 0 Å². The largest absolute Gasteiger partial charge is 0.480 e. The lowest BCUT2D eigenvalue weighted by molar-refractivity contribution is 0.423. The van der Waals surface area contributed by atoms with Gasteiger partial charge < -0.3 is 10.0 Å². The van der Waals surface area contributed by atoms with Crippen molar-refractivity contribution >= 4 is 7.12 Å². The smallest absolute Gasteiger partial charge is 0.424 e. The minimum atomic E-state index is -1.27. The third-order valence-electron chi connectivity index (χ3n) is 2.25. The van der Waals surface area contributed by atoms with Crippen LogP contribution in [-0.2, 0) is 0 Å². The van der Waals surface area contributed by atoms with E-state index in [9.17, 15) is 0 Å².